The van der Waals surface area contributed by atoms with Crippen LogP contribution in [0.4, 0.5) is 10.5 Å². The van der Waals surface area contributed by atoms with Gasteiger partial charge in [-0.05, 0) is 66.6 Å². The number of urea groups is 1. The molecular formula is C27H21N4O8-. The number of carbonyl (C=O) groups is 3. The first kappa shape index (κ1) is 26.4. The molecule has 3 aromatic rings. The fourth-order valence-corrected chi connectivity index (χ4v) is 3.65. The van der Waals surface area contributed by atoms with Gasteiger partial charge in [-0.15, -0.1) is 0 Å². The van der Waals surface area contributed by atoms with Crippen molar-refractivity contribution in [1.29, 1.82) is 0 Å². The number of rotatable bonds is 7. The molecule has 0 saturated carbocycles. The summed E-state index contributed by atoms with van der Waals surface area (Å²) in [6.45, 7) is 0. The molecule has 2 N–H and O–H groups in total. The van der Waals surface area contributed by atoms with Crippen LogP contribution in [0.2, 0.25) is 0 Å². The zero-order chi connectivity index (χ0) is 28.1. The first-order valence-electron chi connectivity index (χ1n) is 11.3. The Bertz CT molecular complexity index is 1640. The summed E-state index contributed by atoms with van der Waals surface area (Å²) >= 11 is 0. The minimum atomic E-state index is -0.898. The lowest BCUT2D eigenvalue weighted by Crippen LogP contribution is -2.54. The third kappa shape index (κ3) is 5.39. The highest BCUT2D eigenvalue weighted by atomic mass is 16.5. The average molecular weight is 529 g/mol. The first-order valence-corrected chi connectivity index (χ1v) is 11.3. The predicted molar refractivity (Wildman–Crippen MR) is 139 cm³/mol. The van der Waals surface area contributed by atoms with Crippen molar-refractivity contribution in [1.82, 2.24) is 14.9 Å². The molecule has 2 heterocycles. The van der Waals surface area contributed by atoms with Gasteiger partial charge in [-0.3, -0.25) is 29.3 Å². The molecule has 198 valence electrons. The number of amides is 4. The Morgan fingerprint density at radius 2 is 1.38 bits per heavy atom. The first-order chi connectivity index (χ1) is 18.7. The second kappa shape index (κ2) is 11.2. The number of allylic oxidation sites excluding steroid dienone is 4. The second-order valence-corrected chi connectivity index (χ2v) is 7.93. The lowest BCUT2D eigenvalue weighted by Gasteiger charge is -2.26. The third-order valence-corrected chi connectivity index (χ3v) is 5.61. The Labute approximate surface area is 220 Å². The van der Waals surface area contributed by atoms with E-state index in [2.05, 4.69) is 10.3 Å². The molecule has 1 aliphatic heterocycles. The molecule has 12 nitrogen and oxygen atoms in total. The van der Waals surface area contributed by atoms with Crippen molar-refractivity contribution >= 4 is 29.6 Å². The van der Waals surface area contributed by atoms with Crippen LogP contribution in [0, 0.1) is 0 Å². The fraction of sp³-hybridized carbons (Fsp3) is 0.0741. The number of aromatic nitrogens is 2. The van der Waals surface area contributed by atoms with Crippen LogP contribution in [0.3, 0.4) is 0 Å². The number of hydrogen-bond donors (Lipinski definition) is 2. The summed E-state index contributed by atoms with van der Waals surface area (Å²) in [5.74, 6) is -1.53. The van der Waals surface area contributed by atoms with Crippen molar-refractivity contribution in [3.63, 3.8) is 0 Å². The normalized spacial score (nSPS) is 14.9. The SMILES string of the molecule is COc1ccc(N2C(=O)NC(=O)\C(=C/C=C/C=C/c3c([O-])n(-c4ccc(OC)cc4)c(=O)[nH]c3=O)C2=O)cc1. The lowest BCUT2D eigenvalue weighted by molar-refractivity contribution is -0.278. The van der Waals surface area contributed by atoms with E-state index in [0.717, 1.165) is 9.47 Å². The molecule has 1 fully saturated rings. The summed E-state index contributed by atoms with van der Waals surface area (Å²) in [5.41, 5.74) is -1.95. The van der Waals surface area contributed by atoms with Gasteiger partial charge in [-0.2, -0.15) is 0 Å². The van der Waals surface area contributed by atoms with Gasteiger partial charge < -0.3 is 14.6 Å². The van der Waals surface area contributed by atoms with Crippen molar-refractivity contribution in [2.24, 2.45) is 0 Å². The van der Waals surface area contributed by atoms with Crippen LogP contribution in [-0.2, 0) is 9.59 Å². The van der Waals surface area contributed by atoms with E-state index in [4.69, 9.17) is 9.47 Å². The monoisotopic (exact) mass is 529 g/mol. The molecule has 1 saturated heterocycles. The van der Waals surface area contributed by atoms with E-state index in [0.29, 0.717) is 11.5 Å². The zero-order valence-corrected chi connectivity index (χ0v) is 20.7. The van der Waals surface area contributed by atoms with Crippen LogP contribution in [0.15, 0.2) is 88.0 Å². The summed E-state index contributed by atoms with van der Waals surface area (Å²) in [6, 6.07) is 11.3. The van der Waals surface area contributed by atoms with E-state index in [1.54, 1.807) is 24.3 Å². The lowest BCUT2D eigenvalue weighted by atomic mass is 10.1. The minimum Gasteiger partial charge on any atom is -0.859 e. The fourth-order valence-electron chi connectivity index (χ4n) is 3.65. The number of carbonyl (C=O) groups excluding carboxylic acids is 3. The quantitative estimate of drug-likeness (QED) is 0.264. The number of aromatic amines is 1. The van der Waals surface area contributed by atoms with Gasteiger partial charge in [0.05, 0.1) is 19.9 Å². The largest absolute Gasteiger partial charge is 0.859 e. The maximum absolute atomic E-state index is 12.9. The molecule has 0 radical (unpaired) electrons. The van der Waals surface area contributed by atoms with E-state index < -0.39 is 35.0 Å². The standard InChI is InChI=1S/C27H22N4O8/c1-38-18-12-8-16(9-13-18)30-24(34)20(22(32)28-26(30)36)6-4-3-5-7-21-23(33)29-27(37)31(25(21)35)17-10-14-19(39-2)15-11-17/h3-15,34H,1-2H3,(H,28,32,36)(H,29,33,37)/p-1/b5-3+,6-4+,21-7+. The second-order valence-electron chi connectivity index (χ2n) is 7.93. The maximum atomic E-state index is 12.9. The van der Waals surface area contributed by atoms with E-state index in [9.17, 15) is 29.1 Å². The molecule has 0 bridgehead atoms. The number of methoxy groups -OCH3 is 2. The highest BCUT2D eigenvalue weighted by Gasteiger charge is 2.36. The molecule has 39 heavy (non-hydrogen) atoms. The molecule has 0 spiro atoms. The Morgan fingerprint density at radius 3 is 1.97 bits per heavy atom. The third-order valence-electron chi connectivity index (χ3n) is 5.61. The number of anilines is 1. The van der Waals surface area contributed by atoms with Crippen LogP contribution in [0.25, 0.3) is 11.8 Å². The van der Waals surface area contributed by atoms with Gasteiger partial charge >= 0.3 is 11.7 Å². The molecule has 12 heteroatoms. The maximum Gasteiger partial charge on any atom is 0.335 e. The van der Waals surface area contributed by atoms with Crippen molar-refractivity contribution in [3.8, 4) is 23.1 Å². The molecule has 0 unspecified atom stereocenters. The number of nitrogens with zero attached hydrogens (tertiary/aromatic N) is 2. The molecule has 4 rings (SSSR count). The highest BCUT2D eigenvalue weighted by molar-refractivity contribution is 6.37. The summed E-state index contributed by atoms with van der Waals surface area (Å²) in [7, 11) is 2.94. The van der Waals surface area contributed by atoms with Crippen molar-refractivity contribution in [2.45, 2.75) is 0 Å². The number of hydrogen-bond acceptors (Lipinski definition) is 8. The van der Waals surface area contributed by atoms with E-state index in [1.807, 2.05) is 0 Å². The molecule has 0 aliphatic carbocycles. The van der Waals surface area contributed by atoms with Gasteiger partial charge in [-0.25, -0.2) is 14.5 Å². The predicted octanol–water partition coefficient (Wildman–Crippen LogP) is 1.40. The van der Waals surface area contributed by atoms with Crippen molar-refractivity contribution in [3.05, 3.63) is 105 Å². The molecular weight excluding hydrogens is 508 g/mol. The summed E-state index contributed by atoms with van der Waals surface area (Å²) in [5, 5.41) is 15.0. The van der Waals surface area contributed by atoms with Gasteiger partial charge in [0, 0.05) is 11.3 Å². The van der Waals surface area contributed by atoms with Gasteiger partial charge in [0.1, 0.15) is 17.1 Å². The number of benzene rings is 2. The van der Waals surface area contributed by atoms with Gasteiger partial charge in [0.25, 0.3) is 17.4 Å². The van der Waals surface area contributed by atoms with Gasteiger partial charge in [0.2, 0.25) is 0 Å². The van der Waals surface area contributed by atoms with Crippen molar-refractivity contribution < 1.29 is 29.0 Å². The van der Waals surface area contributed by atoms with E-state index in [1.165, 1.54) is 68.9 Å². The van der Waals surface area contributed by atoms with Crippen molar-refractivity contribution in [2.75, 3.05) is 19.1 Å². The Balaban J connectivity index is 1.57. The van der Waals surface area contributed by atoms with Crippen LogP contribution in [0.5, 0.6) is 17.4 Å². The summed E-state index contributed by atoms with van der Waals surface area (Å²) < 4.78 is 10.9. The number of nitrogens with one attached hydrogen (secondary N) is 2. The minimum absolute atomic E-state index is 0.231. The zero-order valence-electron chi connectivity index (χ0n) is 20.7. The summed E-state index contributed by atoms with van der Waals surface area (Å²) in [4.78, 5) is 64.9. The average Bonchev–Trinajstić information content (AvgIpc) is 2.92. The number of barbiturate groups is 1. The number of imide groups is 2. The number of H-pyrrole nitrogens is 1. The van der Waals surface area contributed by atoms with Gasteiger partial charge in [0.15, 0.2) is 0 Å². The molecule has 1 aromatic heterocycles. The summed E-state index contributed by atoms with van der Waals surface area (Å²) in [6.07, 6.45) is 6.38. The topological polar surface area (TPSA) is 163 Å². The molecule has 0 atom stereocenters. The van der Waals surface area contributed by atoms with E-state index >= 15 is 0 Å². The molecule has 4 amide bonds. The Hall–Kier alpha value is -5.65. The Kier molecular flexibility index (Phi) is 7.57. The van der Waals surface area contributed by atoms with Crippen LogP contribution in [0.1, 0.15) is 5.56 Å². The Morgan fingerprint density at radius 1 is 0.795 bits per heavy atom. The number of ether oxygens (including phenoxy) is 2. The van der Waals surface area contributed by atoms with Crippen LogP contribution >= 0.6 is 0 Å². The smallest absolute Gasteiger partial charge is 0.335 e. The highest BCUT2D eigenvalue weighted by Crippen LogP contribution is 2.23. The van der Waals surface area contributed by atoms with Gasteiger partial charge in [-0.1, -0.05) is 18.2 Å². The van der Waals surface area contributed by atoms with E-state index in [-0.39, 0.29) is 22.5 Å². The molecule has 2 aromatic carbocycles. The van der Waals surface area contributed by atoms with Crippen LogP contribution < -0.4 is 36.0 Å². The molecule has 1 aliphatic rings. The van der Waals surface area contributed by atoms with Crippen LogP contribution in [-0.4, -0.2) is 41.6 Å².